The van der Waals surface area contributed by atoms with Crippen LogP contribution in [0.2, 0.25) is 0 Å². The summed E-state index contributed by atoms with van der Waals surface area (Å²) in [5.41, 5.74) is 0.389. The van der Waals surface area contributed by atoms with Crippen LogP contribution in [0, 0.1) is 0 Å². The smallest absolute Gasteiger partial charge is 0.261 e. The summed E-state index contributed by atoms with van der Waals surface area (Å²) in [5, 5.41) is 12.9. The lowest BCUT2D eigenvalue weighted by Crippen LogP contribution is -2.12. The first-order valence-corrected chi connectivity index (χ1v) is 6.26. The zero-order valence-corrected chi connectivity index (χ0v) is 9.85. The summed E-state index contributed by atoms with van der Waals surface area (Å²) in [4.78, 5) is 0.0825. The highest BCUT2D eigenvalue weighted by Crippen LogP contribution is 2.17. The Labute approximate surface area is 98.6 Å². The summed E-state index contributed by atoms with van der Waals surface area (Å²) >= 11 is 0. The monoisotopic (exact) mass is 253 g/mol. The van der Waals surface area contributed by atoms with Crippen molar-refractivity contribution in [3.05, 3.63) is 36.7 Å². The molecule has 0 atom stereocenters. The molecule has 0 saturated heterocycles. The predicted molar refractivity (Wildman–Crippen MR) is 62.1 cm³/mol. The van der Waals surface area contributed by atoms with Crippen LogP contribution in [-0.4, -0.2) is 23.3 Å². The fourth-order valence-corrected chi connectivity index (χ4v) is 2.34. The number of anilines is 1. The third kappa shape index (κ3) is 2.56. The van der Waals surface area contributed by atoms with Gasteiger partial charge in [-0.15, -0.1) is 0 Å². The molecule has 0 aliphatic heterocycles. The van der Waals surface area contributed by atoms with Gasteiger partial charge in [-0.25, -0.2) is 8.42 Å². The van der Waals surface area contributed by atoms with E-state index in [-0.39, 0.29) is 10.6 Å². The van der Waals surface area contributed by atoms with Crippen LogP contribution >= 0.6 is 0 Å². The summed E-state index contributed by atoms with van der Waals surface area (Å²) in [6.45, 7) is 0. The quantitative estimate of drug-likeness (QED) is 0.852. The number of rotatable bonds is 3. The summed E-state index contributed by atoms with van der Waals surface area (Å²) < 4.78 is 27.7. The van der Waals surface area contributed by atoms with Crippen molar-refractivity contribution in [1.82, 2.24) is 9.78 Å². The first-order chi connectivity index (χ1) is 7.97. The van der Waals surface area contributed by atoms with E-state index in [0.717, 1.165) is 0 Å². The van der Waals surface area contributed by atoms with Crippen LogP contribution in [0.4, 0.5) is 5.69 Å². The lowest BCUT2D eigenvalue weighted by atomic mass is 10.3. The van der Waals surface area contributed by atoms with Gasteiger partial charge in [0.25, 0.3) is 10.0 Å². The Morgan fingerprint density at radius 2 is 1.94 bits per heavy atom. The summed E-state index contributed by atoms with van der Waals surface area (Å²) in [6.07, 6.45) is 2.97. The van der Waals surface area contributed by atoms with Crippen molar-refractivity contribution in [3.63, 3.8) is 0 Å². The van der Waals surface area contributed by atoms with Crippen LogP contribution in [0.1, 0.15) is 0 Å². The number of aryl methyl sites for hydroxylation is 1. The molecule has 0 fully saturated rings. The van der Waals surface area contributed by atoms with Crippen molar-refractivity contribution >= 4 is 15.7 Å². The normalized spacial score (nSPS) is 11.4. The molecular formula is C10H11N3O3S. The van der Waals surface area contributed by atoms with E-state index in [1.807, 2.05) is 0 Å². The highest BCUT2D eigenvalue weighted by Gasteiger charge is 2.14. The van der Waals surface area contributed by atoms with Crippen LogP contribution in [0.15, 0.2) is 41.6 Å². The second-order valence-electron chi connectivity index (χ2n) is 3.50. The van der Waals surface area contributed by atoms with Crippen LogP contribution in [0.25, 0.3) is 0 Å². The molecule has 0 saturated carbocycles. The highest BCUT2D eigenvalue weighted by atomic mass is 32.2. The topological polar surface area (TPSA) is 84.2 Å². The maximum Gasteiger partial charge on any atom is 0.261 e. The minimum atomic E-state index is -3.63. The number of aromatic nitrogens is 2. The van der Waals surface area contributed by atoms with Gasteiger partial charge < -0.3 is 5.11 Å². The first-order valence-electron chi connectivity index (χ1n) is 4.78. The van der Waals surface area contributed by atoms with Crippen molar-refractivity contribution in [1.29, 1.82) is 0 Å². The molecule has 0 unspecified atom stereocenters. The van der Waals surface area contributed by atoms with Crippen molar-refractivity contribution in [2.24, 2.45) is 7.05 Å². The van der Waals surface area contributed by atoms with Gasteiger partial charge in [-0.3, -0.25) is 9.40 Å². The molecule has 1 heterocycles. The fraction of sp³-hybridized carbons (Fsp3) is 0.100. The predicted octanol–water partition coefficient (Wildman–Crippen LogP) is 0.926. The average molecular weight is 253 g/mol. The van der Waals surface area contributed by atoms with E-state index in [0.29, 0.717) is 5.69 Å². The lowest BCUT2D eigenvalue weighted by Gasteiger charge is -2.05. The summed E-state index contributed by atoms with van der Waals surface area (Å²) in [6, 6.07) is 5.29. The maximum absolute atomic E-state index is 11.9. The number of phenols is 1. The number of phenolic OH excluding ortho intramolecular Hbond substituents is 1. The number of nitrogens with zero attached hydrogens (tertiary/aromatic N) is 2. The van der Waals surface area contributed by atoms with Crippen LogP contribution in [0.3, 0.4) is 0 Å². The summed E-state index contributed by atoms with van der Waals surface area (Å²) in [5.74, 6) is 0.0188. The average Bonchev–Trinajstić information content (AvgIpc) is 2.63. The van der Waals surface area contributed by atoms with Gasteiger partial charge in [-0.1, -0.05) is 0 Å². The number of benzene rings is 1. The van der Waals surface area contributed by atoms with Crippen LogP contribution < -0.4 is 4.72 Å². The zero-order chi connectivity index (χ0) is 12.5. The van der Waals surface area contributed by atoms with E-state index in [4.69, 9.17) is 5.11 Å². The molecule has 0 aliphatic carbocycles. The van der Waals surface area contributed by atoms with Crippen molar-refractivity contribution < 1.29 is 13.5 Å². The number of sulfonamides is 1. The Kier molecular flexibility index (Phi) is 2.76. The third-order valence-corrected chi connectivity index (χ3v) is 3.50. The van der Waals surface area contributed by atoms with Gasteiger partial charge in [0.1, 0.15) is 5.75 Å². The molecule has 1 aromatic carbocycles. The molecule has 0 radical (unpaired) electrons. The van der Waals surface area contributed by atoms with Crippen molar-refractivity contribution in [2.75, 3.05) is 4.72 Å². The molecule has 0 bridgehead atoms. The van der Waals surface area contributed by atoms with E-state index < -0.39 is 10.0 Å². The van der Waals surface area contributed by atoms with E-state index >= 15 is 0 Å². The third-order valence-electron chi connectivity index (χ3n) is 2.10. The summed E-state index contributed by atoms with van der Waals surface area (Å²) in [7, 11) is -1.94. The molecule has 1 aromatic heterocycles. The molecule has 0 aliphatic rings. The largest absolute Gasteiger partial charge is 0.508 e. The lowest BCUT2D eigenvalue weighted by molar-refractivity contribution is 0.475. The van der Waals surface area contributed by atoms with Crippen molar-refractivity contribution in [2.45, 2.75) is 4.90 Å². The molecule has 0 amide bonds. The maximum atomic E-state index is 11.9. The number of hydrogen-bond donors (Lipinski definition) is 2. The molecule has 2 aromatic rings. The SMILES string of the molecule is Cn1cc(NS(=O)(=O)c2ccc(O)cc2)cn1. The molecule has 17 heavy (non-hydrogen) atoms. The Balaban J connectivity index is 2.28. The van der Waals surface area contributed by atoms with E-state index in [9.17, 15) is 8.42 Å². The van der Waals surface area contributed by atoms with E-state index in [1.165, 1.54) is 35.1 Å². The second-order valence-corrected chi connectivity index (χ2v) is 5.18. The zero-order valence-electron chi connectivity index (χ0n) is 9.03. The standard InChI is InChI=1S/C10H11N3O3S/c1-13-7-8(6-11-13)12-17(15,16)10-4-2-9(14)3-5-10/h2-7,12,14H,1H3. The minimum Gasteiger partial charge on any atom is -0.508 e. The Hall–Kier alpha value is -2.02. The van der Waals surface area contributed by atoms with Gasteiger partial charge in [-0.05, 0) is 24.3 Å². The van der Waals surface area contributed by atoms with E-state index in [2.05, 4.69) is 9.82 Å². The molecule has 7 heteroatoms. The molecule has 6 nitrogen and oxygen atoms in total. The number of hydrogen-bond acceptors (Lipinski definition) is 4. The van der Waals surface area contributed by atoms with Gasteiger partial charge in [-0.2, -0.15) is 5.10 Å². The van der Waals surface area contributed by atoms with Gasteiger partial charge in [0.2, 0.25) is 0 Å². The van der Waals surface area contributed by atoms with E-state index in [1.54, 1.807) is 13.2 Å². The van der Waals surface area contributed by atoms with Gasteiger partial charge in [0.05, 0.1) is 16.8 Å². The van der Waals surface area contributed by atoms with Crippen LogP contribution in [-0.2, 0) is 17.1 Å². The van der Waals surface area contributed by atoms with Gasteiger partial charge in [0, 0.05) is 13.2 Å². The highest BCUT2D eigenvalue weighted by molar-refractivity contribution is 7.92. The second kappa shape index (κ2) is 4.10. The Morgan fingerprint density at radius 3 is 2.47 bits per heavy atom. The molecule has 90 valence electrons. The Morgan fingerprint density at radius 1 is 1.29 bits per heavy atom. The molecule has 2 N–H and O–H groups in total. The minimum absolute atomic E-state index is 0.0188. The van der Waals surface area contributed by atoms with Crippen molar-refractivity contribution in [3.8, 4) is 5.75 Å². The number of nitrogens with one attached hydrogen (secondary N) is 1. The first kappa shape index (κ1) is 11.5. The van der Waals surface area contributed by atoms with Gasteiger partial charge >= 0.3 is 0 Å². The van der Waals surface area contributed by atoms with Gasteiger partial charge in [0.15, 0.2) is 0 Å². The molecular weight excluding hydrogens is 242 g/mol. The van der Waals surface area contributed by atoms with Crippen LogP contribution in [0.5, 0.6) is 5.75 Å². The molecule has 0 spiro atoms. The Bertz CT molecular complexity index is 617. The fourth-order valence-electron chi connectivity index (χ4n) is 1.31. The number of aromatic hydroxyl groups is 1. The molecule has 2 rings (SSSR count).